The van der Waals surface area contributed by atoms with Crippen molar-refractivity contribution in [3.05, 3.63) is 10.6 Å². The van der Waals surface area contributed by atoms with Crippen LogP contribution in [0.25, 0.3) is 0 Å². The van der Waals surface area contributed by atoms with Crippen molar-refractivity contribution in [3.63, 3.8) is 0 Å². The van der Waals surface area contributed by atoms with E-state index in [1.54, 1.807) is 0 Å². The molecule has 1 aliphatic carbocycles. The molecule has 0 saturated carbocycles. The Kier molecular flexibility index (Phi) is 3.37. The maximum absolute atomic E-state index is 6.36. The van der Waals surface area contributed by atoms with Crippen LogP contribution in [0.4, 0.5) is 5.13 Å². The van der Waals surface area contributed by atoms with Crippen molar-refractivity contribution in [1.82, 2.24) is 4.98 Å². The van der Waals surface area contributed by atoms with Crippen molar-refractivity contribution in [1.29, 1.82) is 0 Å². The molecule has 1 unspecified atom stereocenters. The van der Waals surface area contributed by atoms with Crippen molar-refractivity contribution in [2.45, 2.75) is 59.4 Å². The summed E-state index contributed by atoms with van der Waals surface area (Å²) in [6, 6.07) is 0.182. The normalized spacial score (nSPS) is 28.2. The predicted octanol–water partition coefficient (Wildman–Crippen LogP) is 3.74. The maximum Gasteiger partial charge on any atom is 0.185 e. The zero-order chi connectivity index (χ0) is 14.5. The van der Waals surface area contributed by atoms with Crippen molar-refractivity contribution in [3.8, 4) is 0 Å². The van der Waals surface area contributed by atoms with Crippen LogP contribution in [-0.4, -0.2) is 18.1 Å². The van der Waals surface area contributed by atoms with E-state index in [4.69, 9.17) is 10.7 Å². The molecule has 0 bridgehead atoms. The molecule has 112 valence electrons. The van der Waals surface area contributed by atoms with Crippen molar-refractivity contribution in [2.75, 3.05) is 18.0 Å². The summed E-state index contributed by atoms with van der Waals surface area (Å²) in [5.41, 5.74) is 8.41. The van der Waals surface area contributed by atoms with E-state index < -0.39 is 0 Å². The topological polar surface area (TPSA) is 42.2 Å². The lowest BCUT2D eigenvalue weighted by molar-refractivity contribution is 0.278. The minimum atomic E-state index is 0.182. The number of hydrogen-bond acceptors (Lipinski definition) is 4. The first-order valence-electron chi connectivity index (χ1n) is 7.76. The molecular weight excluding hydrogens is 266 g/mol. The quantitative estimate of drug-likeness (QED) is 0.857. The van der Waals surface area contributed by atoms with Gasteiger partial charge in [0.25, 0.3) is 0 Å². The average molecular weight is 293 g/mol. The van der Waals surface area contributed by atoms with E-state index in [1.165, 1.54) is 28.5 Å². The second-order valence-corrected chi connectivity index (χ2v) is 9.12. The number of anilines is 1. The highest BCUT2D eigenvalue weighted by atomic mass is 32.1. The molecule has 1 aromatic rings. The highest BCUT2D eigenvalue weighted by Gasteiger charge is 2.34. The summed E-state index contributed by atoms with van der Waals surface area (Å²) >= 11 is 1.84. The van der Waals surface area contributed by atoms with E-state index in [1.807, 2.05) is 11.3 Å². The van der Waals surface area contributed by atoms with Crippen LogP contribution in [0, 0.1) is 10.8 Å². The molecule has 1 saturated heterocycles. The van der Waals surface area contributed by atoms with Gasteiger partial charge in [0.1, 0.15) is 0 Å². The summed E-state index contributed by atoms with van der Waals surface area (Å²) in [5.74, 6) is 0. The summed E-state index contributed by atoms with van der Waals surface area (Å²) in [6.45, 7) is 11.6. The number of nitrogens with zero attached hydrogens (tertiary/aromatic N) is 2. The highest BCUT2D eigenvalue weighted by molar-refractivity contribution is 7.15. The third-order valence-electron chi connectivity index (χ3n) is 4.86. The molecule has 3 rings (SSSR count). The van der Waals surface area contributed by atoms with Gasteiger partial charge in [0.05, 0.1) is 5.69 Å². The molecule has 3 nitrogen and oxygen atoms in total. The fourth-order valence-corrected chi connectivity index (χ4v) is 4.55. The lowest BCUT2D eigenvalue weighted by atomic mass is 9.77. The molecule has 0 aromatic carbocycles. The molecule has 2 aliphatic rings. The fraction of sp³-hybridized carbons (Fsp3) is 0.812. The van der Waals surface area contributed by atoms with Crippen LogP contribution >= 0.6 is 11.3 Å². The Morgan fingerprint density at radius 3 is 2.45 bits per heavy atom. The van der Waals surface area contributed by atoms with Crippen LogP contribution in [0.3, 0.4) is 0 Å². The average Bonchev–Trinajstić information content (AvgIpc) is 2.71. The SMILES string of the molecule is CC1(C)CCN(c2nc3c(s2)C(N)CC(C)(C)C3)CC1. The Morgan fingerprint density at radius 2 is 1.80 bits per heavy atom. The van der Waals surface area contributed by atoms with Crippen LogP contribution in [0.15, 0.2) is 0 Å². The first-order valence-corrected chi connectivity index (χ1v) is 8.58. The van der Waals surface area contributed by atoms with Gasteiger partial charge >= 0.3 is 0 Å². The first kappa shape index (κ1) is 14.3. The number of hydrogen-bond donors (Lipinski definition) is 1. The second kappa shape index (κ2) is 4.70. The summed E-state index contributed by atoms with van der Waals surface area (Å²) in [4.78, 5) is 8.74. The van der Waals surface area contributed by atoms with Gasteiger partial charge in [-0.1, -0.05) is 39.0 Å². The number of thiazole rings is 1. The number of aromatic nitrogens is 1. The van der Waals surface area contributed by atoms with Crippen molar-refractivity contribution in [2.24, 2.45) is 16.6 Å². The molecule has 1 atom stereocenters. The molecule has 20 heavy (non-hydrogen) atoms. The van der Waals surface area contributed by atoms with Crippen LogP contribution in [0.1, 0.15) is 63.6 Å². The molecule has 0 spiro atoms. The van der Waals surface area contributed by atoms with Crippen molar-refractivity contribution >= 4 is 16.5 Å². The first-order chi connectivity index (χ1) is 9.26. The van der Waals surface area contributed by atoms with Crippen LogP contribution in [-0.2, 0) is 6.42 Å². The number of fused-ring (bicyclic) bond motifs is 1. The lowest BCUT2D eigenvalue weighted by Crippen LogP contribution is -2.37. The summed E-state index contributed by atoms with van der Waals surface area (Å²) < 4.78 is 0. The molecular formula is C16H27N3S. The third kappa shape index (κ3) is 2.73. The standard InChI is InChI=1S/C16H27N3S/c1-15(2)5-7-19(8-6-15)14-18-12-10-16(3,4)9-11(17)13(12)20-14/h11H,5-10,17H2,1-4H3. The zero-order valence-corrected chi connectivity index (χ0v) is 14.0. The van der Waals surface area contributed by atoms with E-state index in [9.17, 15) is 0 Å². The van der Waals surface area contributed by atoms with Crippen LogP contribution in [0.5, 0.6) is 0 Å². The van der Waals surface area contributed by atoms with E-state index in [-0.39, 0.29) is 6.04 Å². The molecule has 2 N–H and O–H groups in total. The Balaban J connectivity index is 1.81. The van der Waals surface area contributed by atoms with E-state index in [0.29, 0.717) is 10.8 Å². The highest BCUT2D eigenvalue weighted by Crippen LogP contribution is 2.44. The summed E-state index contributed by atoms with van der Waals surface area (Å²) in [6.07, 6.45) is 4.67. The largest absolute Gasteiger partial charge is 0.348 e. The number of piperidine rings is 1. The van der Waals surface area contributed by atoms with Gasteiger partial charge in [-0.25, -0.2) is 4.98 Å². The molecule has 1 aliphatic heterocycles. The maximum atomic E-state index is 6.36. The van der Waals surface area contributed by atoms with E-state index in [0.717, 1.165) is 25.9 Å². The molecule has 1 aromatic heterocycles. The lowest BCUT2D eigenvalue weighted by Gasteiger charge is -2.36. The third-order valence-corrected chi connectivity index (χ3v) is 6.15. The van der Waals surface area contributed by atoms with Crippen LogP contribution in [0.2, 0.25) is 0 Å². The van der Waals surface area contributed by atoms with Gasteiger partial charge in [-0.15, -0.1) is 0 Å². The van der Waals surface area contributed by atoms with E-state index >= 15 is 0 Å². The smallest absolute Gasteiger partial charge is 0.185 e. The molecule has 1 fully saturated rings. The molecule has 4 heteroatoms. The molecule has 0 radical (unpaired) electrons. The van der Waals surface area contributed by atoms with E-state index in [2.05, 4.69) is 32.6 Å². The van der Waals surface area contributed by atoms with Gasteiger partial charge < -0.3 is 10.6 Å². The molecule has 2 heterocycles. The number of nitrogens with two attached hydrogens (primary N) is 1. The zero-order valence-electron chi connectivity index (χ0n) is 13.2. The van der Waals surface area contributed by atoms with Gasteiger partial charge in [0, 0.05) is 24.0 Å². The minimum Gasteiger partial charge on any atom is -0.348 e. The summed E-state index contributed by atoms with van der Waals surface area (Å²) in [5, 5.41) is 1.21. The van der Waals surface area contributed by atoms with Crippen molar-refractivity contribution < 1.29 is 0 Å². The van der Waals surface area contributed by atoms with Gasteiger partial charge in [-0.05, 0) is 36.5 Å². The molecule has 0 amide bonds. The number of rotatable bonds is 1. The summed E-state index contributed by atoms with van der Waals surface area (Å²) in [7, 11) is 0. The minimum absolute atomic E-state index is 0.182. The fourth-order valence-electron chi connectivity index (χ4n) is 3.42. The van der Waals surface area contributed by atoms with Gasteiger partial charge in [0.15, 0.2) is 5.13 Å². The second-order valence-electron chi connectivity index (χ2n) is 8.11. The van der Waals surface area contributed by atoms with Gasteiger partial charge in [-0.3, -0.25) is 0 Å². The van der Waals surface area contributed by atoms with Gasteiger partial charge in [0.2, 0.25) is 0 Å². The Labute approximate surface area is 126 Å². The van der Waals surface area contributed by atoms with Gasteiger partial charge in [-0.2, -0.15) is 0 Å². The Hall–Kier alpha value is -0.610. The van der Waals surface area contributed by atoms with Crippen LogP contribution < -0.4 is 10.6 Å². The predicted molar refractivity (Wildman–Crippen MR) is 86.4 cm³/mol. The Bertz CT molecular complexity index is 494. The monoisotopic (exact) mass is 293 g/mol. The Morgan fingerprint density at radius 1 is 1.15 bits per heavy atom.